The van der Waals surface area contributed by atoms with Crippen LogP contribution >= 0.6 is 11.3 Å². The first-order valence-electron chi connectivity index (χ1n) is 8.38. The van der Waals surface area contributed by atoms with E-state index in [4.69, 9.17) is 0 Å². The maximum Gasteiger partial charge on any atom is 0.222 e. The van der Waals surface area contributed by atoms with Crippen LogP contribution in [0.4, 0.5) is 5.95 Å². The minimum Gasteiger partial charge on any atom is -0.354 e. The lowest BCUT2D eigenvalue weighted by molar-refractivity contribution is -0.121. The molecule has 0 aromatic carbocycles. The molecule has 1 saturated heterocycles. The fourth-order valence-electron chi connectivity index (χ4n) is 2.92. The minimum absolute atomic E-state index is 0.0548. The van der Waals surface area contributed by atoms with Crippen molar-refractivity contribution in [2.24, 2.45) is 0 Å². The Hall–Kier alpha value is -1.99. The van der Waals surface area contributed by atoms with Crippen molar-refractivity contribution in [3.8, 4) is 0 Å². The standard InChI is InChI=1S/C17H23N5OS/c23-16(6-9-20-17-18-7-4-8-19-17)21-13-14(15-5-3-12-24-15)22-10-1-2-11-22/h3-5,7-8,12,14H,1-2,6,9-11,13H2,(H,21,23)(H,18,19,20). The van der Waals surface area contributed by atoms with Gasteiger partial charge in [-0.1, -0.05) is 6.07 Å². The number of rotatable bonds is 8. The predicted molar refractivity (Wildman–Crippen MR) is 96.0 cm³/mol. The molecule has 2 aromatic rings. The Balaban J connectivity index is 1.44. The first-order chi connectivity index (χ1) is 11.8. The Bertz CT molecular complexity index is 613. The van der Waals surface area contributed by atoms with Crippen molar-refractivity contribution < 1.29 is 4.79 Å². The molecule has 0 bridgehead atoms. The molecule has 1 atom stereocenters. The SMILES string of the molecule is O=C(CCNc1ncccn1)NCC(c1cccs1)N1CCCC1. The molecule has 7 heteroatoms. The molecule has 6 nitrogen and oxygen atoms in total. The van der Waals surface area contributed by atoms with Gasteiger partial charge in [0.25, 0.3) is 0 Å². The predicted octanol–water partition coefficient (Wildman–Crippen LogP) is 2.29. The van der Waals surface area contributed by atoms with E-state index in [1.165, 1.54) is 17.7 Å². The van der Waals surface area contributed by atoms with Gasteiger partial charge in [0, 0.05) is 36.8 Å². The number of hydrogen-bond acceptors (Lipinski definition) is 6. The third kappa shape index (κ3) is 4.75. The van der Waals surface area contributed by atoms with E-state index in [0.29, 0.717) is 31.5 Å². The number of aromatic nitrogens is 2. The summed E-state index contributed by atoms with van der Waals surface area (Å²) in [4.78, 5) is 24.1. The van der Waals surface area contributed by atoms with Crippen LogP contribution in [0.2, 0.25) is 0 Å². The summed E-state index contributed by atoms with van der Waals surface area (Å²) in [7, 11) is 0. The summed E-state index contributed by atoms with van der Waals surface area (Å²) < 4.78 is 0. The second-order valence-electron chi connectivity index (χ2n) is 5.83. The highest BCUT2D eigenvalue weighted by molar-refractivity contribution is 7.10. The van der Waals surface area contributed by atoms with Gasteiger partial charge in [0.1, 0.15) is 0 Å². The molecule has 0 saturated carbocycles. The molecule has 3 rings (SSSR count). The van der Waals surface area contributed by atoms with E-state index in [-0.39, 0.29) is 5.91 Å². The first-order valence-corrected chi connectivity index (χ1v) is 9.26. The van der Waals surface area contributed by atoms with Crippen molar-refractivity contribution >= 4 is 23.2 Å². The molecular weight excluding hydrogens is 322 g/mol. The van der Waals surface area contributed by atoms with E-state index in [1.807, 2.05) is 0 Å². The third-order valence-corrected chi connectivity index (χ3v) is 5.12. The fourth-order valence-corrected chi connectivity index (χ4v) is 3.78. The van der Waals surface area contributed by atoms with Gasteiger partial charge >= 0.3 is 0 Å². The molecule has 3 heterocycles. The lowest BCUT2D eigenvalue weighted by Gasteiger charge is -2.26. The van der Waals surface area contributed by atoms with Crippen molar-refractivity contribution in [2.75, 3.05) is 31.5 Å². The lowest BCUT2D eigenvalue weighted by atomic mass is 10.2. The molecule has 0 radical (unpaired) electrons. The molecular formula is C17H23N5OS. The number of carbonyl (C=O) groups excluding carboxylic acids is 1. The molecule has 1 aliphatic heterocycles. The Morgan fingerprint density at radius 1 is 1.25 bits per heavy atom. The molecule has 128 valence electrons. The van der Waals surface area contributed by atoms with E-state index < -0.39 is 0 Å². The zero-order valence-corrected chi connectivity index (χ0v) is 14.5. The van der Waals surface area contributed by atoms with Gasteiger partial charge in [0.05, 0.1) is 6.04 Å². The van der Waals surface area contributed by atoms with Crippen molar-refractivity contribution in [3.05, 3.63) is 40.8 Å². The monoisotopic (exact) mass is 345 g/mol. The molecule has 1 aliphatic rings. The summed E-state index contributed by atoms with van der Waals surface area (Å²) >= 11 is 1.76. The summed E-state index contributed by atoms with van der Waals surface area (Å²) in [6, 6.07) is 6.30. The number of nitrogens with zero attached hydrogens (tertiary/aromatic N) is 3. The highest BCUT2D eigenvalue weighted by Crippen LogP contribution is 2.27. The summed E-state index contributed by atoms with van der Waals surface area (Å²) in [5.41, 5.74) is 0. The van der Waals surface area contributed by atoms with Crippen LogP contribution in [0.1, 0.15) is 30.2 Å². The Morgan fingerprint density at radius 2 is 2.04 bits per heavy atom. The maximum atomic E-state index is 12.1. The van der Waals surface area contributed by atoms with Crippen LogP contribution in [-0.2, 0) is 4.79 Å². The van der Waals surface area contributed by atoms with Gasteiger partial charge in [-0.2, -0.15) is 0 Å². The van der Waals surface area contributed by atoms with Gasteiger partial charge in [-0.05, 0) is 43.4 Å². The fraction of sp³-hybridized carbons (Fsp3) is 0.471. The second kappa shape index (κ2) is 8.75. The Morgan fingerprint density at radius 3 is 2.75 bits per heavy atom. The summed E-state index contributed by atoms with van der Waals surface area (Å²) in [5, 5.41) is 8.24. The lowest BCUT2D eigenvalue weighted by Crippen LogP contribution is -2.36. The van der Waals surface area contributed by atoms with Gasteiger partial charge < -0.3 is 10.6 Å². The highest BCUT2D eigenvalue weighted by Gasteiger charge is 2.24. The van der Waals surface area contributed by atoms with Gasteiger partial charge in [-0.15, -0.1) is 11.3 Å². The topological polar surface area (TPSA) is 70.1 Å². The number of likely N-dealkylation sites (tertiary alicyclic amines) is 1. The van der Waals surface area contributed by atoms with Crippen LogP contribution in [0.3, 0.4) is 0 Å². The van der Waals surface area contributed by atoms with Crippen LogP contribution in [0, 0.1) is 0 Å². The van der Waals surface area contributed by atoms with Crippen molar-refractivity contribution in [1.82, 2.24) is 20.2 Å². The number of hydrogen-bond donors (Lipinski definition) is 2. The molecule has 1 unspecified atom stereocenters. The molecule has 0 spiro atoms. The number of thiophene rings is 1. The highest BCUT2D eigenvalue weighted by atomic mass is 32.1. The molecule has 0 aliphatic carbocycles. The molecule has 1 fully saturated rings. The van der Waals surface area contributed by atoms with E-state index >= 15 is 0 Å². The second-order valence-corrected chi connectivity index (χ2v) is 6.81. The number of nitrogens with one attached hydrogen (secondary N) is 2. The van der Waals surface area contributed by atoms with Crippen LogP contribution in [0.5, 0.6) is 0 Å². The Kier molecular flexibility index (Phi) is 6.14. The molecule has 1 amide bonds. The van der Waals surface area contributed by atoms with Crippen LogP contribution in [0.15, 0.2) is 36.0 Å². The number of anilines is 1. The van der Waals surface area contributed by atoms with E-state index in [0.717, 1.165) is 13.1 Å². The smallest absolute Gasteiger partial charge is 0.222 e. The van der Waals surface area contributed by atoms with Crippen molar-refractivity contribution in [1.29, 1.82) is 0 Å². The molecule has 2 N–H and O–H groups in total. The zero-order chi connectivity index (χ0) is 16.6. The van der Waals surface area contributed by atoms with Gasteiger partial charge in [0.15, 0.2) is 0 Å². The summed E-state index contributed by atoms with van der Waals surface area (Å²) in [5.74, 6) is 0.609. The summed E-state index contributed by atoms with van der Waals surface area (Å²) in [6.45, 7) is 3.43. The van der Waals surface area contributed by atoms with Crippen LogP contribution in [-0.4, -0.2) is 47.0 Å². The van der Waals surface area contributed by atoms with Crippen LogP contribution in [0.25, 0.3) is 0 Å². The maximum absolute atomic E-state index is 12.1. The average Bonchev–Trinajstić information content (AvgIpc) is 3.30. The van der Waals surface area contributed by atoms with E-state index in [9.17, 15) is 4.79 Å². The normalized spacial score (nSPS) is 16.0. The third-order valence-electron chi connectivity index (χ3n) is 4.15. The number of amides is 1. The largest absolute Gasteiger partial charge is 0.354 e. The molecule has 2 aromatic heterocycles. The van der Waals surface area contributed by atoms with Gasteiger partial charge in [-0.25, -0.2) is 9.97 Å². The van der Waals surface area contributed by atoms with Crippen molar-refractivity contribution in [3.63, 3.8) is 0 Å². The van der Waals surface area contributed by atoms with Gasteiger partial charge in [-0.3, -0.25) is 9.69 Å². The average molecular weight is 345 g/mol. The first kappa shape index (κ1) is 16.9. The van der Waals surface area contributed by atoms with Gasteiger partial charge in [0.2, 0.25) is 11.9 Å². The zero-order valence-electron chi connectivity index (χ0n) is 13.6. The minimum atomic E-state index is 0.0548. The van der Waals surface area contributed by atoms with E-state index in [2.05, 4.69) is 43.0 Å². The van der Waals surface area contributed by atoms with E-state index in [1.54, 1.807) is 29.8 Å². The Labute approximate surface area is 146 Å². The number of carbonyl (C=O) groups is 1. The molecule has 24 heavy (non-hydrogen) atoms. The quantitative estimate of drug-likeness (QED) is 0.768. The van der Waals surface area contributed by atoms with Crippen LogP contribution < -0.4 is 10.6 Å². The summed E-state index contributed by atoms with van der Waals surface area (Å²) in [6.07, 6.45) is 6.26. The van der Waals surface area contributed by atoms with Crippen molar-refractivity contribution in [2.45, 2.75) is 25.3 Å².